The minimum Gasteiger partial charge on any atom is -0.390 e. The third-order valence-electron chi connectivity index (χ3n) is 10.9. The van der Waals surface area contributed by atoms with Crippen molar-refractivity contribution in [2.75, 3.05) is 39.6 Å². The van der Waals surface area contributed by atoms with E-state index in [1.807, 2.05) is 41.5 Å². The predicted octanol–water partition coefficient (Wildman–Crippen LogP) is 4.38. The van der Waals surface area contributed by atoms with Gasteiger partial charge in [-0.3, -0.25) is 24.0 Å². The predicted molar refractivity (Wildman–Crippen MR) is 229 cm³/mol. The second kappa shape index (κ2) is 24.4. The number of imide groups is 1. The molecule has 19 nitrogen and oxygen atoms in total. The zero-order chi connectivity index (χ0) is 48.7. The second-order valence-corrected chi connectivity index (χ2v) is 19.9. The van der Waals surface area contributed by atoms with Crippen molar-refractivity contribution >= 4 is 41.2 Å². The highest BCUT2D eigenvalue weighted by atomic mass is 16.7. The van der Waals surface area contributed by atoms with Gasteiger partial charge in [-0.1, -0.05) is 0 Å². The van der Waals surface area contributed by atoms with Crippen LogP contribution in [0.5, 0.6) is 0 Å². The monoisotopic (exact) mass is 917 g/mol. The van der Waals surface area contributed by atoms with Gasteiger partial charge in [0.25, 0.3) is 17.7 Å². The lowest BCUT2D eigenvalue weighted by molar-refractivity contribution is -0.220. The number of aliphatic hydroxyl groups is 2. The van der Waals surface area contributed by atoms with Gasteiger partial charge in [0.05, 0.1) is 68.3 Å². The lowest BCUT2D eigenvalue weighted by Gasteiger charge is -2.33. The zero-order valence-electron chi connectivity index (χ0n) is 40.3. The lowest BCUT2D eigenvalue weighted by Crippen LogP contribution is -2.40. The Kier molecular flexibility index (Phi) is 21.6. The van der Waals surface area contributed by atoms with Crippen molar-refractivity contribution in [3.05, 3.63) is 0 Å². The molecule has 0 aromatic heterocycles. The van der Waals surface area contributed by atoms with Crippen molar-refractivity contribution in [1.82, 2.24) is 10.1 Å². The summed E-state index contributed by atoms with van der Waals surface area (Å²) in [6.45, 7) is 22.5. The zero-order valence-corrected chi connectivity index (χ0v) is 40.3. The molecular formula is C45H76N2O17. The highest BCUT2D eigenvalue weighted by molar-refractivity contribution is 6.01. The summed E-state index contributed by atoms with van der Waals surface area (Å²) in [4.78, 5) is 95.5. The Balaban J connectivity index is 1.92. The number of hydrogen-bond donors (Lipinski definition) is 2. The van der Waals surface area contributed by atoms with Gasteiger partial charge in [0, 0.05) is 45.1 Å². The number of amides is 3. The van der Waals surface area contributed by atoms with Crippen LogP contribution in [0.25, 0.3) is 0 Å². The Morgan fingerprint density at radius 3 is 1.42 bits per heavy atom. The molecule has 2 heterocycles. The van der Waals surface area contributed by atoms with Crippen molar-refractivity contribution in [1.29, 1.82) is 0 Å². The molecule has 368 valence electrons. The highest BCUT2D eigenvalue weighted by Crippen LogP contribution is 2.25. The smallest absolute Gasteiger partial charge is 0.333 e. The Morgan fingerprint density at radius 1 is 0.562 bits per heavy atom. The Labute approximate surface area is 378 Å². The summed E-state index contributed by atoms with van der Waals surface area (Å²) in [5.74, 6) is -4.08. The average Bonchev–Trinajstić information content (AvgIpc) is 3.65. The third-order valence-corrected chi connectivity index (χ3v) is 10.9. The maximum atomic E-state index is 13.0. The van der Waals surface area contributed by atoms with E-state index in [1.165, 1.54) is 0 Å². The van der Waals surface area contributed by atoms with Crippen molar-refractivity contribution in [3.8, 4) is 0 Å². The molecule has 2 fully saturated rings. The first-order chi connectivity index (χ1) is 29.3. The molecule has 2 rings (SSSR count). The molecule has 0 aromatic carbocycles. The van der Waals surface area contributed by atoms with Crippen molar-refractivity contribution < 1.29 is 81.9 Å². The Bertz CT molecular complexity index is 1580. The van der Waals surface area contributed by atoms with Crippen LogP contribution in [0.2, 0.25) is 0 Å². The van der Waals surface area contributed by atoms with Crippen LogP contribution in [0.15, 0.2) is 0 Å². The molecule has 2 atom stereocenters. The quantitative estimate of drug-likeness (QED) is 0.0890. The lowest BCUT2D eigenvalue weighted by atomic mass is 9.98. The molecule has 0 spiro atoms. The molecule has 2 saturated heterocycles. The van der Waals surface area contributed by atoms with Crippen molar-refractivity contribution in [3.63, 3.8) is 0 Å². The van der Waals surface area contributed by atoms with Gasteiger partial charge < -0.3 is 48.3 Å². The molecule has 2 aliphatic heterocycles. The maximum Gasteiger partial charge on any atom is 0.333 e. The SMILES string of the molecule is CC(C)(O)CCOC(C)(C)CCOC(COC(C)(C)CCOC(C)(C)C(=O)CCC(=O)ON1C(=O)CCC1=O)COC(C)(C)CCOC(C)(C)C(=O)CCC(=O)ON1C(=O)CCC1O. The number of carbonyl (C=O) groups is 7. The number of ether oxygens (including phenoxy) is 6. The van der Waals surface area contributed by atoms with Crippen LogP contribution < -0.4 is 0 Å². The van der Waals surface area contributed by atoms with Crippen LogP contribution in [-0.2, 0) is 71.7 Å². The normalized spacial score (nSPS) is 17.3. The second-order valence-electron chi connectivity index (χ2n) is 19.9. The van der Waals surface area contributed by atoms with Crippen molar-refractivity contribution in [2.24, 2.45) is 0 Å². The summed E-state index contributed by atoms with van der Waals surface area (Å²) < 4.78 is 37.0. The number of carbonyl (C=O) groups excluding carboxylic acids is 7. The van der Waals surface area contributed by atoms with Crippen LogP contribution in [-0.4, -0.2) is 147 Å². The molecule has 0 aliphatic carbocycles. The summed E-state index contributed by atoms with van der Waals surface area (Å²) in [7, 11) is 0. The van der Waals surface area contributed by atoms with Crippen LogP contribution in [0, 0.1) is 0 Å². The van der Waals surface area contributed by atoms with E-state index >= 15 is 0 Å². The fourth-order valence-electron chi connectivity index (χ4n) is 6.06. The number of hydroxylamine groups is 4. The van der Waals surface area contributed by atoms with Gasteiger partial charge in [-0.05, 0) is 109 Å². The van der Waals surface area contributed by atoms with E-state index in [9.17, 15) is 43.8 Å². The van der Waals surface area contributed by atoms with Crippen molar-refractivity contribution in [2.45, 2.75) is 206 Å². The molecule has 0 bridgehead atoms. The van der Waals surface area contributed by atoms with Crippen LogP contribution >= 0.6 is 0 Å². The number of rotatable bonds is 32. The molecule has 2 N–H and O–H groups in total. The van der Waals surface area contributed by atoms with Gasteiger partial charge >= 0.3 is 11.9 Å². The van der Waals surface area contributed by atoms with E-state index in [0.717, 1.165) is 0 Å². The van der Waals surface area contributed by atoms with Crippen LogP contribution in [0.1, 0.15) is 160 Å². The number of Topliss-reactive ketones (excluding diaryl/α,β-unsaturated/α-hetero) is 2. The Morgan fingerprint density at radius 2 is 0.984 bits per heavy atom. The van der Waals surface area contributed by atoms with E-state index in [2.05, 4.69) is 0 Å². The summed E-state index contributed by atoms with van der Waals surface area (Å²) in [6, 6.07) is 0. The van der Waals surface area contributed by atoms with Gasteiger partial charge in [0.1, 0.15) is 17.3 Å². The number of aliphatic hydroxyl groups excluding tert-OH is 1. The molecule has 3 amide bonds. The molecule has 0 radical (unpaired) electrons. The van der Waals surface area contributed by atoms with E-state index in [0.29, 0.717) is 49.0 Å². The van der Waals surface area contributed by atoms with Gasteiger partial charge in [0.2, 0.25) is 0 Å². The Hall–Kier alpha value is -3.43. The first-order valence-electron chi connectivity index (χ1n) is 22.2. The molecule has 64 heavy (non-hydrogen) atoms. The summed E-state index contributed by atoms with van der Waals surface area (Å²) >= 11 is 0. The summed E-state index contributed by atoms with van der Waals surface area (Å²) in [5.41, 5.74) is -5.33. The van der Waals surface area contributed by atoms with Gasteiger partial charge in [-0.2, -0.15) is 0 Å². The average molecular weight is 917 g/mol. The van der Waals surface area contributed by atoms with Crippen LogP contribution in [0.4, 0.5) is 0 Å². The number of hydrogen-bond acceptors (Lipinski definition) is 17. The van der Waals surface area contributed by atoms with E-state index < -0.39 is 75.6 Å². The van der Waals surface area contributed by atoms with Gasteiger partial charge in [-0.25, -0.2) is 9.59 Å². The minimum absolute atomic E-state index is 0.0304. The largest absolute Gasteiger partial charge is 0.390 e. The fraction of sp³-hybridized carbons (Fsp3) is 0.844. The molecule has 0 saturated carbocycles. The van der Waals surface area contributed by atoms with Gasteiger partial charge in [0.15, 0.2) is 17.8 Å². The standard InChI is InChI=1S/C45H76N2O17/c1-40(2,56)21-26-58-41(3,4)22-25-57-31(29-61-42(5,6)23-27-59-44(9,10)32(48)13-19-38(54)63-46-34(50)15-16-35(46)51)30-62-43(7,8)24-28-60-45(11,12)33(49)14-20-39(55)64-47-36(52)17-18-37(47)53/h31,34,50,56H,13-30H2,1-12H3. The first kappa shape index (κ1) is 56.7. The molecule has 19 heteroatoms. The van der Waals surface area contributed by atoms with Gasteiger partial charge in [-0.15, -0.1) is 10.1 Å². The molecule has 2 unspecified atom stereocenters. The fourth-order valence-corrected chi connectivity index (χ4v) is 6.06. The minimum atomic E-state index is -1.25. The molecule has 0 aromatic rings. The van der Waals surface area contributed by atoms with E-state index in [1.54, 1.807) is 41.5 Å². The summed E-state index contributed by atoms with van der Waals surface area (Å²) in [5, 5.41) is 21.0. The summed E-state index contributed by atoms with van der Waals surface area (Å²) in [6.07, 6.45) is -0.773. The molecular weight excluding hydrogens is 840 g/mol. The third kappa shape index (κ3) is 21.3. The molecule has 2 aliphatic rings. The maximum absolute atomic E-state index is 13.0. The number of ketones is 2. The first-order valence-corrected chi connectivity index (χ1v) is 22.2. The van der Waals surface area contributed by atoms with Crippen LogP contribution in [0.3, 0.4) is 0 Å². The van der Waals surface area contributed by atoms with E-state index in [-0.39, 0.29) is 89.4 Å². The number of nitrogens with zero attached hydrogens (tertiary/aromatic N) is 2. The topological polar surface area (TPSA) is 240 Å². The highest BCUT2D eigenvalue weighted by Gasteiger charge is 2.36. The van der Waals surface area contributed by atoms with E-state index in [4.69, 9.17) is 38.1 Å².